The van der Waals surface area contributed by atoms with Gasteiger partial charge in [-0.05, 0) is 111 Å². The Morgan fingerprint density at radius 1 is 0.539 bits per heavy atom. The van der Waals surface area contributed by atoms with Gasteiger partial charge in [0.25, 0.3) is 0 Å². The SMILES string of the molecule is [2H]c1c([2H])c([2H])c(-c2cnc(-n3c4[c-]c(Oc5[c-]c(N6[CH-]N(c7cc(C(C)(C)C)cc(C(C)(C)C)c7)c7cc(-c8ccccc8)ccc76)ccc5)cc(-n5c6c([2H])c([2H])c([2H])c([2H])c6c6c([2H])c([2H])c([2H])c([2H])c65)c4c4ccccc43)cc2C([2H])([2H])[2H])c([2H])c1[2H].[Pt]. The molecule has 13 rings (SSSR count). The number of aromatic nitrogens is 3. The molecule has 4 heterocycles. The van der Waals surface area contributed by atoms with Gasteiger partial charge in [0, 0.05) is 81.8 Å². The van der Waals surface area contributed by atoms with Gasteiger partial charge in [-0.25, -0.2) is 4.98 Å². The Hall–Kier alpha value is -8.18. The predicted octanol–water partition coefficient (Wildman–Crippen LogP) is 18.3. The normalized spacial score (nSPS) is 15.9. The Morgan fingerprint density at radius 3 is 1.93 bits per heavy atom. The average Bonchev–Trinajstić information content (AvgIpc) is 1.53. The van der Waals surface area contributed by atoms with Crippen molar-refractivity contribution in [1.29, 1.82) is 0 Å². The monoisotopic (exact) mass is 1180 g/mol. The number of ether oxygens (including phenoxy) is 1. The molecule has 12 aromatic rings. The number of rotatable bonds is 8. The molecule has 0 aliphatic carbocycles. The summed E-state index contributed by atoms with van der Waals surface area (Å²) in [6, 6.07) is 37.3. The van der Waals surface area contributed by atoms with Gasteiger partial charge in [-0.15, -0.1) is 42.7 Å². The maximum Gasteiger partial charge on any atom is 0.135 e. The first-order valence-electron chi connectivity index (χ1n) is 32.5. The molecule has 0 saturated heterocycles. The van der Waals surface area contributed by atoms with Crippen molar-refractivity contribution < 1.29 is 47.7 Å². The summed E-state index contributed by atoms with van der Waals surface area (Å²) in [5, 5.41) is 0.425. The Balaban J connectivity index is 0.00000816. The van der Waals surface area contributed by atoms with Crippen molar-refractivity contribution in [3.8, 4) is 45.3 Å². The van der Waals surface area contributed by atoms with Crippen LogP contribution in [0.15, 0.2) is 206 Å². The van der Waals surface area contributed by atoms with Crippen LogP contribution >= 0.6 is 0 Å². The van der Waals surface area contributed by atoms with Crippen molar-refractivity contribution in [3.63, 3.8) is 0 Å². The van der Waals surface area contributed by atoms with E-state index in [9.17, 15) is 5.48 Å². The number of aryl methyl sites for hydroxylation is 1. The van der Waals surface area contributed by atoms with Gasteiger partial charge in [-0.1, -0.05) is 180 Å². The van der Waals surface area contributed by atoms with Crippen LogP contribution < -0.4 is 14.5 Å². The van der Waals surface area contributed by atoms with Gasteiger partial charge < -0.3 is 23.7 Å². The Morgan fingerprint density at radius 2 is 1.22 bits per heavy atom. The van der Waals surface area contributed by atoms with Crippen LogP contribution in [0, 0.1) is 25.7 Å². The zero-order valence-corrected chi connectivity index (χ0v) is 44.4. The van der Waals surface area contributed by atoms with Crippen LogP contribution in [0.5, 0.6) is 11.5 Å². The van der Waals surface area contributed by atoms with Gasteiger partial charge >= 0.3 is 0 Å². The second-order valence-electron chi connectivity index (χ2n) is 20.7. The third-order valence-corrected chi connectivity index (χ3v) is 13.8. The first kappa shape index (κ1) is 33.7. The van der Waals surface area contributed by atoms with E-state index in [1.807, 2.05) is 35.8 Å². The van der Waals surface area contributed by atoms with Crippen molar-refractivity contribution in [2.75, 3.05) is 9.80 Å². The summed E-state index contributed by atoms with van der Waals surface area (Å²) in [5.41, 5.74) is 6.58. The second kappa shape index (κ2) is 18.9. The standard InChI is InChI=1S/C69H56N5O.Pt/c1-45-35-66(70-43-58(45)47-23-12-9-13-24-47)74-61-32-19-16-29-57(61)67-64(73-59-30-17-14-27-55(59)56-28-15-18-31-60(56)73)41-54(42-65(67)74)75-53-26-20-25-51(40-53)71-44-72(52-38-49(68(2,3)4)37-50(39-52)69(5,6)7)63-36-48(33-34-62(63)71)46-21-10-8-11-22-46;/h8-39,41,43-44H,1-7H3;/q-3;/i1D3,9D,12D,13D,14D,15D,17D,18D,23D,24D,27D,28D,30D,31D;. The van der Waals surface area contributed by atoms with Gasteiger partial charge in [0.05, 0.1) is 28.9 Å². The number of nitrogens with zero attached hydrogens (tertiary/aromatic N) is 5. The van der Waals surface area contributed by atoms with Crippen LogP contribution in [0.3, 0.4) is 0 Å². The third kappa shape index (κ3) is 8.46. The molecule has 0 saturated carbocycles. The van der Waals surface area contributed by atoms with Crippen LogP contribution in [-0.4, -0.2) is 14.1 Å². The van der Waals surface area contributed by atoms with Gasteiger partial charge in [-0.2, -0.15) is 6.07 Å². The van der Waals surface area contributed by atoms with E-state index in [4.69, 9.17) is 26.2 Å². The maximum atomic E-state index is 9.53. The third-order valence-electron chi connectivity index (χ3n) is 13.8. The average molecular weight is 1180 g/mol. The van der Waals surface area contributed by atoms with Crippen molar-refractivity contribution >= 4 is 66.4 Å². The molecule has 0 atom stereocenters. The number of hydrogen-bond donors (Lipinski definition) is 0. The molecule has 0 radical (unpaired) electrons. The van der Waals surface area contributed by atoms with E-state index in [2.05, 4.69) is 107 Å². The van der Waals surface area contributed by atoms with E-state index in [0.29, 0.717) is 22.0 Å². The number of fused-ring (bicyclic) bond motifs is 7. The van der Waals surface area contributed by atoms with Crippen LogP contribution in [0.25, 0.3) is 77.4 Å². The van der Waals surface area contributed by atoms with E-state index in [1.165, 1.54) is 10.6 Å². The molecule has 6 nitrogen and oxygen atoms in total. The molecule has 9 aromatic carbocycles. The van der Waals surface area contributed by atoms with Crippen LogP contribution in [0.1, 0.15) is 80.2 Å². The number of benzene rings is 9. The van der Waals surface area contributed by atoms with Gasteiger partial charge in [0.2, 0.25) is 0 Å². The first-order valence-corrected chi connectivity index (χ1v) is 24.5. The van der Waals surface area contributed by atoms with E-state index in [1.54, 1.807) is 47.0 Å². The number of hydrogen-bond acceptors (Lipinski definition) is 4. The van der Waals surface area contributed by atoms with Crippen molar-refractivity contribution in [1.82, 2.24) is 14.1 Å². The van der Waals surface area contributed by atoms with Crippen molar-refractivity contribution in [2.45, 2.75) is 59.2 Å². The van der Waals surface area contributed by atoms with Gasteiger partial charge in [0.1, 0.15) is 5.82 Å². The summed E-state index contributed by atoms with van der Waals surface area (Å²) in [7, 11) is 0. The predicted molar refractivity (Wildman–Crippen MR) is 312 cm³/mol. The molecule has 1 aliphatic rings. The summed E-state index contributed by atoms with van der Waals surface area (Å²) < 4.78 is 152. The van der Waals surface area contributed by atoms with Crippen LogP contribution in [0.2, 0.25) is 0 Å². The fraction of sp³-hybridized carbons (Fsp3) is 0.130. The molecule has 3 aromatic heterocycles. The summed E-state index contributed by atoms with van der Waals surface area (Å²) in [6.45, 7) is 12.3. The first-order chi connectivity index (χ1) is 43.0. The molecular formula is C69H56N5OPt-3. The Labute approximate surface area is 482 Å². The smallest absolute Gasteiger partial charge is 0.135 e. The quantitative estimate of drug-likeness (QED) is 0.142. The number of anilines is 4. The summed E-state index contributed by atoms with van der Waals surface area (Å²) in [4.78, 5) is 8.98. The second-order valence-corrected chi connectivity index (χ2v) is 20.7. The van der Waals surface area contributed by atoms with E-state index >= 15 is 0 Å². The molecule has 376 valence electrons. The largest absolute Gasteiger partial charge is 0.509 e. The van der Waals surface area contributed by atoms with Gasteiger partial charge in [-0.3, -0.25) is 0 Å². The molecule has 0 N–H and O–H groups in total. The molecule has 0 amide bonds. The van der Waals surface area contributed by atoms with Crippen molar-refractivity contribution in [3.05, 3.63) is 242 Å². The molecule has 7 heteroatoms. The minimum Gasteiger partial charge on any atom is -0.509 e. The van der Waals surface area contributed by atoms with E-state index < -0.39 is 91.0 Å². The summed E-state index contributed by atoms with van der Waals surface area (Å²) in [5.74, 6) is 0.118. The zero-order valence-electron chi connectivity index (χ0n) is 58.2. The molecule has 0 unspecified atom stereocenters. The molecule has 0 spiro atoms. The van der Waals surface area contributed by atoms with Crippen molar-refractivity contribution in [2.24, 2.45) is 0 Å². The molecular weight excluding hydrogens is 1110 g/mol. The molecule has 76 heavy (non-hydrogen) atoms. The van der Waals surface area contributed by atoms with E-state index in [-0.39, 0.29) is 93.3 Å². The molecule has 1 aliphatic heterocycles. The summed E-state index contributed by atoms with van der Waals surface area (Å²) in [6.07, 6.45) is 1.15. The van der Waals surface area contributed by atoms with Crippen LogP contribution in [-0.2, 0) is 31.9 Å². The number of pyridine rings is 1. The summed E-state index contributed by atoms with van der Waals surface area (Å²) >= 11 is 0. The minimum atomic E-state index is -2.96. The Kier molecular flexibility index (Phi) is 8.37. The van der Waals surface area contributed by atoms with E-state index in [0.717, 1.165) is 45.5 Å². The molecule has 0 fully saturated rings. The topological polar surface area (TPSA) is 38.5 Å². The fourth-order valence-electron chi connectivity index (χ4n) is 9.99. The number of para-hydroxylation sites is 3. The minimum absolute atomic E-state index is 0. The fourth-order valence-corrected chi connectivity index (χ4v) is 9.99. The van der Waals surface area contributed by atoms with Crippen LogP contribution in [0.4, 0.5) is 22.7 Å². The molecule has 0 bridgehead atoms. The Bertz CT molecular complexity index is 4950. The van der Waals surface area contributed by atoms with Gasteiger partial charge in [0.15, 0.2) is 0 Å². The zero-order chi connectivity index (χ0) is 65.0. The maximum absolute atomic E-state index is 9.53.